The third-order valence-electron chi connectivity index (χ3n) is 3.58. The van der Waals surface area contributed by atoms with Crippen LogP contribution in [0.5, 0.6) is 5.75 Å². The topological polar surface area (TPSA) is 104 Å². The number of aromatic carboxylic acids is 1. The molecular weight excluding hydrogens is 298 g/mol. The van der Waals surface area contributed by atoms with Gasteiger partial charge in [-0.15, -0.1) is 0 Å². The zero-order valence-electron chi connectivity index (χ0n) is 11.5. The van der Waals surface area contributed by atoms with Crippen molar-refractivity contribution in [3.05, 3.63) is 23.8 Å². The predicted octanol–water partition coefficient (Wildman–Crippen LogP) is 0.890. The zero-order chi connectivity index (χ0) is 15.6. The van der Waals surface area contributed by atoms with E-state index in [1.54, 1.807) is 0 Å². The van der Waals surface area contributed by atoms with Gasteiger partial charge < -0.3 is 14.9 Å². The maximum atomic E-state index is 12.5. The van der Waals surface area contributed by atoms with Crippen molar-refractivity contribution in [2.45, 2.75) is 23.8 Å². The molecule has 1 heterocycles. The van der Waals surface area contributed by atoms with Crippen LogP contribution in [0, 0.1) is 0 Å². The van der Waals surface area contributed by atoms with Crippen LogP contribution in [0.15, 0.2) is 23.1 Å². The fraction of sp³-hybridized carbons (Fsp3) is 0.462. The van der Waals surface area contributed by atoms with Gasteiger partial charge in [0.25, 0.3) is 0 Å². The highest BCUT2D eigenvalue weighted by Gasteiger charge is 2.30. The average Bonchev–Trinajstić information content (AvgIpc) is 2.47. The molecule has 1 saturated heterocycles. The molecule has 0 aromatic heterocycles. The van der Waals surface area contributed by atoms with Crippen LogP contribution in [0.1, 0.15) is 23.2 Å². The molecular formula is C13H17NO6S. The largest absolute Gasteiger partial charge is 0.507 e. The first-order valence-corrected chi connectivity index (χ1v) is 7.90. The number of phenols is 1. The van der Waals surface area contributed by atoms with E-state index in [2.05, 4.69) is 0 Å². The first-order valence-electron chi connectivity index (χ1n) is 6.46. The summed E-state index contributed by atoms with van der Waals surface area (Å²) in [4.78, 5) is 10.8. The first-order chi connectivity index (χ1) is 9.84. The Morgan fingerprint density at radius 3 is 2.52 bits per heavy atom. The molecule has 1 fully saturated rings. The van der Waals surface area contributed by atoms with E-state index < -0.39 is 27.3 Å². The van der Waals surface area contributed by atoms with E-state index in [4.69, 9.17) is 9.84 Å². The maximum absolute atomic E-state index is 12.5. The van der Waals surface area contributed by atoms with Crippen LogP contribution in [0.3, 0.4) is 0 Å². The summed E-state index contributed by atoms with van der Waals surface area (Å²) < 4.78 is 31.5. The fourth-order valence-corrected chi connectivity index (χ4v) is 3.70. The van der Waals surface area contributed by atoms with Gasteiger partial charge in [-0.1, -0.05) is 0 Å². The summed E-state index contributed by atoms with van der Waals surface area (Å²) in [6.45, 7) is 1.00. The van der Waals surface area contributed by atoms with E-state index in [1.165, 1.54) is 17.4 Å². The summed E-state index contributed by atoms with van der Waals surface area (Å²) >= 11 is 0. The number of rotatable bonds is 4. The van der Waals surface area contributed by atoms with Crippen molar-refractivity contribution in [3.63, 3.8) is 0 Å². The predicted molar refractivity (Wildman–Crippen MR) is 73.9 cm³/mol. The van der Waals surface area contributed by atoms with Gasteiger partial charge in [0, 0.05) is 26.3 Å². The first kappa shape index (κ1) is 15.7. The molecule has 7 nitrogen and oxygen atoms in total. The molecule has 2 rings (SSSR count). The molecule has 0 bridgehead atoms. The van der Waals surface area contributed by atoms with Crippen LogP contribution < -0.4 is 0 Å². The van der Waals surface area contributed by atoms with Crippen LogP contribution in [0.4, 0.5) is 0 Å². The summed E-state index contributed by atoms with van der Waals surface area (Å²) in [5.41, 5.74) is -0.434. The second kappa shape index (κ2) is 6.00. The van der Waals surface area contributed by atoms with Gasteiger partial charge >= 0.3 is 5.97 Å². The van der Waals surface area contributed by atoms with Gasteiger partial charge in [0.2, 0.25) is 10.0 Å². The number of carboxylic acids is 1. The van der Waals surface area contributed by atoms with Crippen molar-refractivity contribution < 1.29 is 28.2 Å². The Kier molecular flexibility index (Phi) is 4.50. The van der Waals surface area contributed by atoms with Gasteiger partial charge in [-0.2, -0.15) is 4.31 Å². The molecule has 0 amide bonds. The number of nitrogens with zero attached hydrogens (tertiary/aromatic N) is 1. The molecule has 2 N–H and O–H groups in total. The maximum Gasteiger partial charge on any atom is 0.339 e. The number of aromatic hydroxyl groups is 1. The van der Waals surface area contributed by atoms with E-state index in [1.807, 2.05) is 0 Å². The van der Waals surface area contributed by atoms with Crippen molar-refractivity contribution in [1.29, 1.82) is 0 Å². The van der Waals surface area contributed by atoms with Crippen LogP contribution in [-0.2, 0) is 14.8 Å². The number of ether oxygens (including phenoxy) is 1. The molecule has 0 aliphatic carbocycles. The summed E-state index contributed by atoms with van der Waals surface area (Å²) in [5.74, 6) is -1.84. The second-order valence-corrected chi connectivity index (χ2v) is 6.85. The Labute approximate surface area is 122 Å². The van der Waals surface area contributed by atoms with Gasteiger partial charge in [0.05, 0.1) is 4.90 Å². The lowest BCUT2D eigenvalue weighted by atomic mass is 10.1. The number of carbonyl (C=O) groups is 1. The van der Waals surface area contributed by atoms with Crippen molar-refractivity contribution in [2.24, 2.45) is 0 Å². The van der Waals surface area contributed by atoms with E-state index in [-0.39, 0.29) is 10.9 Å². The molecule has 0 spiro atoms. The minimum atomic E-state index is -3.81. The zero-order valence-corrected chi connectivity index (χ0v) is 12.3. The third kappa shape index (κ3) is 3.17. The van der Waals surface area contributed by atoms with E-state index >= 15 is 0 Å². The van der Waals surface area contributed by atoms with E-state index in [0.29, 0.717) is 26.1 Å². The van der Waals surface area contributed by atoms with Crippen molar-refractivity contribution >= 4 is 16.0 Å². The molecule has 8 heteroatoms. The number of hydrogen-bond donors (Lipinski definition) is 2. The molecule has 0 saturated carbocycles. The molecule has 0 radical (unpaired) electrons. The molecule has 0 unspecified atom stereocenters. The van der Waals surface area contributed by atoms with Gasteiger partial charge in [-0.05, 0) is 31.0 Å². The standard InChI is InChI=1S/C13H17NO6S/c1-14(9-4-6-20-7-5-9)21(18,19)10-2-3-12(15)11(8-10)13(16)17/h2-3,8-9,15H,4-7H2,1H3,(H,16,17). The molecule has 1 aromatic carbocycles. The summed E-state index contributed by atoms with van der Waals surface area (Å²) in [6, 6.07) is 3.08. The minimum absolute atomic E-state index is 0.147. The highest BCUT2D eigenvalue weighted by molar-refractivity contribution is 7.89. The van der Waals surface area contributed by atoms with Crippen LogP contribution >= 0.6 is 0 Å². The lowest BCUT2D eigenvalue weighted by Gasteiger charge is -2.30. The smallest absolute Gasteiger partial charge is 0.339 e. The summed E-state index contributed by atoms with van der Waals surface area (Å²) in [7, 11) is -2.34. The lowest BCUT2D eigenvalue weighted by Crippen LogP contribution is -2.40. The van der Waals surface area contributed by atoms with Crippen molar-refractivity contribution in [3.8, 4) is 5.75 Å². The van der Waals surface area contributed by atoms with Crippen LogP contribution in [0.2, 0.25) is 0 Å². The number of carboxylic acid groups (broad SMARTS) is 1. The van der Waals surface area contributed by atoms with Gasteiger partial charge in [-0.25, -0.2) is 13.2 Å². The van der Waals surface area contributed by atoms with Crippen LogP contribution in [-0.4, -0.2) is 55.2 Å². The molecule has 21 heavy (non-hydrogen) atoms. The summed E-state index contributed by atoms with van der Waals surface area (Å²) in [6.07, 6.45) is 1.19. The van der Waals surface area contributed by atoms with Gasteiger partial charge in [0.15, 0.2) is 0 Å². The quantitative estimate of drug-likeness (QED) is 0.855. The molecule has 1 aromatic rings. The van der Waals surface area contributed by atoms with Crippen molar-refractivity contribution in [2.75, 3.05) is 20.3 Å². The Hall–Kier alpha value is -1.64. The molecule has 1 aliphatic heterocycles. The van der Waals surface area contributed by atoms with Gasteiger partial charge in [-0.3, -0.25) is 0 Å². The highest BCUT2D eigenvalue weighted by Crippen LogP contribution is 2.26. The van der Waals surface area contributed by atoms with Crippen LogP contribution in [0.25, 0.3) is 0 Å². The number of hydrogen-bond acceptors (Lipinski definition) is 5. The van der Waals surface area contributed by atoms with Gasteiger partial charge in [0.1, 0.15) is 11.3 Å². The third-order valence-corrected chi connectivity index (χ3v) is 5.49. The second-order valence-electron chi connectivity index (χ2n) is 4.85. The Bertz CT molecular complexity index is 636. The Morgan fingerprint density at radius 2 is 1.95 bits per heavy atom. The lowest BCUT2D eigenvalue weighted by molar-refractivity contribution is 0.0632. The molecule has 1 aliphatic rings. The van der Waals surface area contributed by atoms with E-state index in [0.717, 1.165) is 12.1 Å². The number of benzene rings is 1. The summed E-state index contributed by atoms with van der Waals surface area (Å²) in [5, 5.41) is 18.4. The highest BCUT2D eigenvalue weighted by atomic mass is 32.2. The monoisotopic (exact) mass is 315 g/mol. The van der Waals surface area contributed by atoms with Crippen molar-refractivity contribution in [1.82, 2.24) is 4.31 Å². The van der Waals surface area contributed by atoms with E-state index in [9.17, 15) is 18.3 Å². The molecule has 0 atom stereocenters. The SMILES string of the molecule is CN(C1CCOCC1)S(=O)(=O)c1ccc(O)c(C(=O)O)c1. The average molecular weight is 315 g/mol. The fourth-order valence-electron chi connectivity index (χ4n) is 2.26. The Balaban J connectivity index is 2.34. The minimum Gasteiger partial charge on any atom is -0.507 e. The Morgan fingerprint density at radius 1 is 1.33 bits per heavy atom. The normalized spacial score (nSPS) is 17.0. The molecule has 116 valence electrons. The number of sulfonamides is 1.